The standard InChI is InChI=1S/C16H23NO3S/c1-2-20-16(18)15-12(7-6-10-14(15)17)11-21(19)13-8-4-3-5-9-13/h6-7,10,13H,2-5,8-9,11,17H2,1H3. The van der Waals surface area contributed by atoms with Crippen molar-refractivity contribution in [3.63, 3.8) is 0 Å². The molecule has 0 spiro atoms. The molecule has 1 unspecified atom stereocenters. The number of benzene rings is 1. The molecule has 0 heterocycles. The molecule has 21 heavy (non-hydrogen) atoms. The monoisotopic (exact) mass is 309 g/mol. The number of nitrogens with two attached hydrogens (primary N) is 1. The Morgan fingerprint density at radius 3 is 2.71 bits per heavy atom. The molecular weight excluding hydrogens is 286 g/mol. The van der Waals surface area contributed by atoms with E-state index in [-0.39, 0.29) is 5.25 Å². The van der Waals surface area contributed by atoms with Crippen molar-refractivity contribution in [1.29, 1.82) is 0 Å². The van der Waals surface area contributed by atoms with Crippen LogP contribution in [-0.4, -0.2) is 22.0 Å². The van der Waals surface area contributed by atoms with Crippen molar-refractivity contribution in [3.05, 3.63) is 29.3 Å². The second-order valence-corrected chi connectivity index (χ2v) is 7.10. The first-order valence-corrected chi connectivity index (χ1v) is 8.93. The summed E-state index contributed by atoms with van der Waals surface area (Å²) in [6, 6.07) is 5.30. The van der Waals surface area contributed by atoms with E-state index in [0.29, 0.717) is 23.6 Å². The van der Waals surface area contributed by atoms with Crippen LogP contribution in [0.25, 0.3) is 0 Å². The zero-order valence-electron chi connectivity index (χ0n) is 12.5. The van der Waals surface area contributed by atoms with Crippen LogP contribution in [0, 0.1) is 0 Å². The fraction of sp³-hybridized carbons (Fsp3) is 0.562. The van der Waals surface area contributed by atoms with Gasteiger partial charge in [0.15, 0.2) is 0 Å². The third-order valence-electron chi connectivity index (χ3n) is 3.88. The van der Waals surface area contributed by atoms with Crippen LogP contribution in [0.1, 0.15) is 54.9 Å². The van der Waals surface area contributed by atoms with Gasteiger partial charge in [0.1, 0.15) is 0 Å². The first-order valence-electron chi connectivity index (χ1n) is 7.55. The van der Waals surface area contributed by atoms with Gasteiger partial charge >= 0.3 is 5.97 Å². The highest BCUT2D eigenvalue weighted by molar-refractivity contribution is 7.84. The highest BCUT2D eigenvalue weighted by Crippen LogP contribution is 2.26. The summed E-state index contributed by atoms with van der Waals surface area (Å²) in [6.45, 7) is 2.06. The maximum absolute atomic E-state index is 12.5. The zero-order valence-corrected chi connectivity index (χ0v) is 13.3. The second-order valence-electron chi connectivity index (χ2n) is 5.39. The molecule has 2 N–H and O–H groups in total. The number of hydrogen-bond donors (Lipinski definition) is 1. The first-order chi connectivity index (χ1) is 10.1. The average molecular weight is 309 g/mol. The highest BCUT2D eigenvalue weighted by atomic mass is 32.2. The summed E-state index contributed by atoms with van der Waals surface area (Å²) in [5, 5.41) is 0.246. The van der Waals surface area contributed by atoms with Gasteiger partial charge in [-0.05, 0) is 31.4 Å². The lowest BCUT2D eigenvalue weighted by Crippen LogP contribution is -2.21. The van der Waals surface area contributed by atoms with E-state index in [1.165, 1.54) is 6.42 Å². The molecule has 5 heteroatoms. The number of nitrogen functional groups attached to an aromatic ring is 1. The molecule has 1 fully saturated rings. The average Bonchev–Trinajstić information content (AvgIpc) is 2.48. The van der Waals surface area contributed by atoms with Gasteiger partial charge in [-0.1, -0.05) is 31.4 Å². The van der Waals surface area contributed by atoms with Crippen molar-refractivity contribution < 1.29 is 13.7 Å². The Kier molecular flexibility index (Phi) is 5.79. The maximum Gasteiger partial charge on any atom is 0.340 e. The Morgan fingerprint density at radius 2 is 2.05 bits per heavy atom. The van der Waals surface area contributed by atoms with Gasteiger partial charge in [-0.3, -0.25) is 4.21 Å². The normalized spacial score (nSPS) is 17.4. The Hall–Kier alpha value is -1.36. The lowest BCUT2D eigenvalue weighted by atomic mass is 10.0. The van der Waals surface area contributed by atoms with E-state index in [9.17, 15) is 9.00 Å². The summed E-state index contributed by atoms with van der Waals surface area (Å²) in [5.41, 5.74) is 7.41. The SMILES string of the molecule is CCOC(=O)c1c(N)cccc1CS(=O)C1CCCCC1. The number of hydrogen-bond acceptors (Lipinski definition) is 4. The molecule has 2 rings (SSSR count). The molecule has 1 saturated carbocycles. The Morgan fingerprint density at radius 1 is 1.33 bits per heavy atom. The van der Waals surface area contributed by atoms with Crippen LogP contribution in [0.4, 0.5) is 5.69 Å². The Labute approximate surface area is 128 Å². The molecule has 1 aromatic carbocycles. The molecule has 116 valence electrons. The van der Waals surface area contributed by atoms with Gasteiger partial charge in [-0.25, -0.2) is 4.79 Å². The summed E-state index contributed by atoms with van der Waals surface area (Å²) in [7, 11) is -0.960. The molecule has 0 saturated heterocycles. The molecule has 0 amide bonds. The van der Waals surface area contributed by atoms with Crippen LogP contribution < -0.4 is 5.73 Å². The molecule has 1 aromatic rings. The molecule has 1 aliphatic rings. The fourth-order valence-electron chi connectivity index (χ4n) is 2.79. The number of rotatable bonds is 5. The van der Waals surface area contributed by atoms with Crippen molar-refractivity contribution >= 4 is 22.5 Å². The molecule has 0 aliphatic heterocycles. The molecular formula is C16H23NO3S. The van der Waals surface area contributed by atoms with Crippen LogP contribution in [0.2, 0.25) is 0 Å². The molecule has 1 aliphatic carbocycles. The Balaban J connectivity index is 2.17. The summed E-state index contributed by atoms with van der Waals surface area (Å²) in [5.74, 6) is -0.0460. The number of anilines is 1. The summed E-state index contributed by atoms with van der Waals surface area (Å²) >= 11 is 0. The van der Waals surface area contributed by atoms with Crippen molar-refractivity contribution in [2.24, 2.45) is 0 Å². The maximum atomic E-state index is 12.5. The van der Waals surface area contributed by atoms with Crippen molar-refractivity contribution in [1.82, 2.24) is 0 Å². The van der Waals surface area contributed by atoms with Crippen molar-refractivity contribution in [2.75, 3.05) is 12.3 Å². The smallest absolute Gasteiger partial charge is 0.340 e. The van der Waals surface area contributed by atoms with E-state index in [1.807, 2.05) is 6.07 Å². The van der Waals surface area contributed by atoms with Crippen LogP contribution in [0.3, 0.4) is 0 Å². The molecule has 0 radical (unpaired) electrons. The van der Waals surface area contributed by atoms with Crippen LogP contribution >= 0.6 is 0 Å². The van der Waals surface area contributed by atoms with Gasteiger partial charge in [0.05, 0.1) is 12.2 Å². The van der Waals surface area contributed by atoms with Gasteiger partial charge in [-0.15, -0.1) is 0 Å². The van der Waals surface area contributed by atoms with Crippen LogP contribution in [0.5, 0.6) is 0 Å². The number of ether oxygens (including phenoxy) is 1. The third kappa shape index (κ3) is 4.06. The topological polar surface area (TPSA) is 69.4 Å². The lowest BCUT2D eigenvalue weighted by Gasteiger charge is -2.21. The fourth-order valence-corrected chi connectivity index (χ4v) is 4.43. The van der Waals surface area contributed by atoms with E-state index >= 15 is 0 Å². The van der Waals surface area contributed by atoms with E-state index in [0.717, 1.165) is 31.2 Å². The van der Waals surface area contributed by atoms with Gasteiger partial charge in [0.2, 0.25) is 0 Å². The van der Waals surface area contributed by atoms with E-state index in [1.54, 1.807) is 19.1 Å². The minimum atomic E-state index is -0.960. The third-order valence-corrected chi connectivity index (χ3v) is 5.69. The number of carbonyl (C=O) groups is 1. The van der Waals surface area contributed by atoms with E-state index in [2.05, 4.69) is 0 Å². The minimum absolute atomic E-state index is 0.246. The summed E-state index contributed by atoms with van der Waals surface area (Å²) in [4.78, 5) is 12.0. The van der Waals surface area contributed by atoms with Crippen molar-refractivity contribution in [3.8, 4) is 0 Å². The first kappa shape index (κ1) is 16.0. The lowest BCUT2D eigenvalue weighted by molar-refractivity contribution is 0.0526. The minimum Gasteiger partial charge on any atom is -0.462 e. The summed E-state index contributed by atoms with van der Waals surface area (Å²) in [6.07, 6.45) is 5.57. The zero-order chi connectivity index (χ0) is 15.2. The van der Waals surface area contributed by atoms with Gasteiger partial charge in [0, 0.05) is 27.5 Å². The van der Waals surface area contributed by atoms with Crippen LogP contribution in [-0.2, 0) is 21.3 Å². The molecule has 4 nitrogen and oxygen atoms in total. The largest absolute Gasteiger partial charge is 0.462 e. The Bertz CT molecular complexity index is 524. The predicted octanol–water partition coefficient (Wildman–Crippen LogP) is 3.03. The second kappa shape index (κ2) is 7.59. The molecule has 0 aromatic heterocycles. The van der Waals surface area contributed by atoms with E-state index < -0.39 is 16.8 Å². The van der Waals surface area contributed by atoms with Gasteiger partial charge in [0.25, 0.3) is 0 Å². The summed E-state index contributed by atoms with van der Waals surface area (Å²) < 4.78 is 17.6. The number of esters is 1. The quantitative estimate of drug-likeness (QED) is 0.670. The van der Waals surface area contributed by atoms with Crippen molar-refractivity contribution in [2.45, 2.75) is 50.0 Å². The van der Waals surface area contributed by atoms with Gasteiger partial charge < -0.3 is 10.5 Å². The number of carbonyl (C=O) groups excluding carboxylic acids is 1. The predicted molar refractivity (Wildman–Crippen MR) is 85.5 cm³/mol. The van der Waals surface area contributed by atoms with Gasteiger partial charge in [-0.2, -0.15) is 0 Å². The highest BCUT2D eigenvalue weighted by Gasteiger charge is 2.23. The van der Waals surface area contributed by atoms with E-state index in [4.69, 9.17) is 10.5 Å². The van der Waals surface area contributed by atoms with Crippen LogP contribution in [0.15, 0.2) is 18.2 Å². The molecule has 0 bridgehead atoms. The molecule has 1 atom stereocenters.